The van der Waals surface area contributed by atoms with Crippen LogP contribution in [0.5, 0.6) is 0 Å². The van der Waals surface area contributed by atoms with Gasteiger partial charge >= 0.3 is 0 Å². The van der Waals surface area contributed by atoms with Crippen molar-refractivity contribution in [3.05, 3.63) is 39.4 Å². The summed E-state index contributed by atoms with van der Waals surface area (Å²) in [4.78, 5) is 23.4. The zero-order chi connectivity index (χ0) is 16.4. The van der Waals surface area contributed by atoms with Crippen molar-refractivity contribution < 1.29 is 18.5 Å². The van der Waals surface area contributed by atoms with Crippen molar-refractivity contribution in [2.45, 2.75) is 13.8 Å². The molecule has 6 nitrogen and oxygen atoms in total. The summed E-state index contributed by atoms with van der Waals surface area (Å²) in [6, 6.07) is 0.951. The number of rotatable bonds is 5. The minimum absolute atomic E-state index is 0.221. The molecule has 0 heterocycles. The molecule has 0 fully saturated rings. The molecule has 0 bridgehead atoms. The van der Waals surface area contributed by atoms with Gasteiger partial charge in [0.1, 0.15) is 5.56 Å². The third-order valence-electron chi connectivity index (χ3n) is 3.03. The van der Waals surface area contributed by atoms with E-state index in [1.54, 1.807) is 0 Å². The highest BCUT2D eigenvalue weighted by atomic mass is 19.2. The number of carbonyl (C=O) groups excluding carboxylic acids is 1. The summed E-state index contributed by atoms with van der Waals surface area (Å²) in [5.74, 6) is -3.44. The number of nitrogens with zero attached hydrogens (tertiary/aromatic N) is 2. The van der Waals surface area contributed by atoms with Gasteiger partial charge in [-0.25, -0.2) is 8.78 Å². The summed E-state index contributed by atoms with van der Waals surface area (Å²) < 4.78 is 26.4. The average molecular weight is 301 g/mol. The number of carbonyl (C=O) groups is 1. The minimum atomic E-state index is -1.37. The van der Waals surface area contributed by atoms with E-state index in [-0.39, 0.29) is 6.54 Å². The molecule has 0 radical (unpaired) electrons. The quantitative estimate of drug-likeness (QED) is 0.664. The highest BCUT2D eigenvalue weighted by Crippen LogP contribution is 2.24. The maximum absolute atomic E-state index is 13.3. The van der Waals surface area contributed by atoms with Crippen LogP contribution in [-0.4, -0.2) is 35.9 Å². The van der Waals surface area contributed by atoms with E-state index in [1.165, 1.54) is 11.9 Å². The zero-order valence-electron chi connectivity index (χ0n) is 12.0. The second-order valence-electron chi connectivity index (χ2n) is 5.57. The molecule has 1 aromatic rings. The van der Waals surface area contributed by atoms with Crippen molar-refractivity contribution in [2.24, 2.45) is 11.1 Å². The second kappa shape index (κ2) is 6.13. The van der Waals surface area contributed by atoms with Crippen molar-refractivity contribution >= 4 is 11.6 Å². The standard InChI is InChI=1S/C13H17F2N3O3/c1-13(2,6-16)7-17(3)12(19)8-4-9(14)10(15)5-11(8)18(20)21/h4-5H,6-7,16H2,1-3H3. The lowest BCUT2D eigenvalue weighted by Gasteiger charge is -2.29. The molecular formula is C13H17F2N3O3. The van der Waals surface area contributed by atoms with Crippen LogP contribution in [0.2, 0.25) is 0 Å². The zero-order valence-corrected chi connectivity index (χ0v) is 12.0. The van der Waals surface area contributed by atoms with Gasteiger partial charge in [0.15, 0.2) is 11.6 Å². The van der Waals surface area contributed by atoms with Crippen LogP contribution in [0, 0.1) is 27.2 Å². The van der Waals surface area contributed by atoms with E-state index in [4.69, 9.17) is 5.73 Å². The van der Waals surface area contributed by atoms with Crippen LogP contribution in [0.4, 0.5) is 14.5 Å². The second-order valence-corrected chi connectivity index (χ2v) is 5.57. The van der Waals surface area contributed by atoms with Crippen LogP contribution >= 0.6 is 0 Å². The molecule has 2 N–H and O–H groups in total. The summed E-state index contributed by atoms with van der Waals surface area (Å²) in [6.07, 6.45) is 0. The molecule has 1 aromatic carbocycles. The lowest BCUT2D eigenvalue weighted by atomic mass is 9.93. The topological polar surface area (TPSA) is 89.5 Å². The first-order chi connectivity index (χ1) is 9.59. The first kappa shape index (κ1) is 17.0. The molecule has 0 aliphatic carbocycles. The number of nitro groups is 1. The molecule has 0 saturated carbocycles. The van der Waals surface area contributed by atoms with Gasteiger partial charge in [-0.2, -0.15) is 0 Å². The van der Waals surface area contributed by atoms with E-state index in [1.807, 2.05) is 13.8 Å². The fourth-order valence-corrected chi connectivity index (χ4v) is 1.84. The Labute approximate surface area is 120 Å². The van der Waals surface area contributed by atoms with Crippen LogP contribution in [0.1, 0.15) is 24.2 Å². The average Bonchev–Trinajstić information content (AvgIpc) is 2.39. The van der Waals surface area contributed by atoms with Crippen molar-refractivity contribution in [1.82, 2.24) is 4.90 Å². The molecule has 21 heavy (non-hydrogen) atoms. The number of nitrogens with two attached hydrogens (primary N) is 1. The summed E-state index contributed by atoms with van der Waals surface area (Å²) in [7, 11) is 1.42. The fraction of sp³-hybridized carbons (Fsp3) is 0.462. The molecule has 0 aliphatic heterocycles. The Balaban J connectivity index is 3.18. The summed E-state index contributed by atoms with van der Waals surface area (Å²) >= 11 is 0. The SMILES string of the molecule is CN(CC(C)(C)CN)C(=O)c1cc(F)c(F)cc1[N+](=O)[O-]. The summed E-state index contributed by atoms with van der Waals surface area (Å²) in [5, 5.41) is 10.9. The molecule has 8 heteroatoms. The van der Waals surface area contributed by atoms with E-state index >= 15 is 0 Å². The van der Waals surface area contributed by atoms with Crippen LogP contribution < -0.4 is 5.73 Å². The highest BCUT2D eigenvalue weighted by molar-refractivity contribution is 5.98. The molecular weight excluding hydrogens is 284 g/mol. The smallest absolute Gasteiger partial charge is 0.285 e. The van der Waals surface area contributed by atoms with Gasteiger partial charge in [-0.05, 0) is 18.0 Å². The molecule has 0 aliphatic rings. The van der Waals surface area contributed by atoms with Gasteiger partial charge in [0.25, 0.3) is 11.6 Å². The van der Waals surface area contributed by atoms with E-state index in [9.17, 15) is 23.7 Å². The van der Waals surface area contributed by atoms with Crippen LogP contribution in [-0.2, 0) is 0 Å². The Hall–Kier alpha value is -2.09. The third-order valence-corrected chi connectivity index (χ3v) is 3.03. The van der Waals surface area contributed by atoms with Crippen molar-refractivity contribution in [3.63, 3.8) is 0 Å². The van der Waals surface area contributed by atoms with Gasteiger partial charge in [-0.3, -0.25) is 14.9 Å². The lowest BCUT2D eigenvalue weighted by molar-refractivity contribution is -0.385. The van der Waals surface area contributed by atoms with Gasteiger partial charge in [0.2, 0.25) is 0 Å². The van der Waals surface area contributed by atoms with Crippen molar-refractivity contribution in [1.29, 1.82) is 0 Å². The molecule has 116 valence electrons. The molecule has 0 spiro atoms. The Bertz CT molecular complexity index is 576. The molecule has 0 saturated heterocycles. The van der Waals surface area contributed by atoms with Crippen LogP contribution in [0.25, 0.3) is 0 Å². The Kier molecular flexibility index (Phi) is 4.95. The summed E-state index contributed by atoms with van der Waals surface area (Å²) in [6.45, 7) is 4.15. The van der Waals surface area contributed by atoms with Crippen molar-refractivity contribution in [3.8, 4) is 0 Å². The van der Waals surface area contributed by atoms with Crippen molar-refractivity contribution in [2.75, 3.05) is 20.1 Å². The number of benzene rings is 1. The fourth-order valence-electron chi connectivity index (χ4n) is 1.84. The first-order valence-electron chi connectivity index (χ1n) is 6.18. The number of hydrogen-bond donors (Lipinski definition) is 1. The molecule has 0 unspecified atom stereocenters. The largest absolute Gasteiger partial charge is 0.341 e. The predicted molar refractivity (Wildman–Crippen MR) is 72.8 cm³/mol. The van der Waals surface area contributed by atoms with Crippen LogP contribution in [0.3, 0.4) is 0 Å². The van der Waals surface area contributed by atoms with E-state index in [0.717, 1.165) is 0 Å². The minimum Gasteiger partial charge on any atom is -0.341 e. The van der Waals surface area contributed by atoms with E-state index < -0.39 is 39.1 Å². The number of nitro benzene ring substituents is 1. The predicted octanol–water partition coefficient (Wildman–Crippen LogP) is 1.93. The molecule has 0 aromatic heterocycles. The number of amides is 1. The number of hydrogen-bond acceptors (Lipinski definition) is 4. The Morgan fingerprint density at radius 1 is 1.38 bits per heavy atom. The van der Waals surface area contributed by atoms with Crippen LogP contribution in [0.15, 0.2) is 12.1 Å². The Morgan fingerprint density at radius 2 is 1.90 bits per heavy atom. The monoisotopic (exact) mass is 301 g/mol. The third kappa shape index (κ3) is 3.94. The van der Waals surface area contributed by atoms with E-state index in [0.29, 0.717) is 18.7 Å². The maximum atomic E-state index is 13.3. The molecule has 1 rings (SSSR count). The highest BCUT2D eigenvalue weighted by Gasteiger charge is 2.28. The lowest BCUT2D eigenvalue weighted by Crippen LogP contribution is -2.40. The van der Waals surface area contributed by atoms with Gasteiger partial charge in [-0.1, -0.05) is 13.8 Å². The molecule has 0 atom stereocenters. The number of halogens is 2. The van der Waals surface area contributed by atoms with Gasteiger partial charge in [0.05, 0.1) is 11.0 Å². The Morgan fingerprint density at radius 3 is 2.38 bits per heavy atom. The molecule has 1 amide bonds. The van der Waals surface area contributed by atoms with E-state index in [2.05, 4.69) is 0 Å². The van der Waals surface area contributed by atoms with Gasteiger partial charge in [0, 0.05) is 13.6 Å². The normalized spacial score (nSPS) is 11.3. The summed E-state index contributed by atoms with van der Waals surface area (Å²) in [5.41, 5.74) is 3.90. The van der Waals surface area contributed by atoms with Gasteiger partial charge < -0.3 is 10.6 Å². The van der Waals surface area contributed by atoms with Gasteiger partial charge in [-0.15, -0.1) is 0 Å². The first-order valence-corrected chi connectivity index (χ1v) is 6.18. The maximum Gasteiger partial charge on any atom is 0.285 e.